The Morgan fingerprint density at radius 2 is 1.57 bits per heavy atom. The Morgan fingerprint density at radius 1 is 0.957 bits per heavy atom. The van der Waals surface area contributed by atoms with Gasteiger partial charge >= 0.3 is 5.97 Å². The molecule has 0 spiro atoms. The molecule has 1 aliphatic heterocycles. The summed E-state index contributed by atoms with van der Waals surface area (Å²) in [6.07, 6.45) is 0.812. The first-order chi connectivity index (χ1) is 22.0. The molecule has 46 heavy (non-hydrogen) atoms. The van der Waals surface area contributed by atoms with E-state index in [9.17, 15) is 19.2 Å². The second-order valence-electron chi connectivity index (χ2n) is 11.6. The van der Waals surface area contributed by atoms with Crippen molar-refractivity contribution in [3.05, 3.63) is 92.9 Å². The first kappa shape index (κ1) is 33.0. The molecule has 2 amide bonds. The molecule has 11 heteroatoms. The first-order valence-electron chi connectivity index (χ1n) is 14.9. The van der Waals surface area contributed by atoms with E-state index in [1.165, 1.54) is 4.90 Å². The maximum atomic E-state index is 13.7. The molecule has 1 aromatic heterocycles. The Morgan fingerprint density at radius 3 is 2.15 bits per heavy atom. The lowest BCUT2D eigenvalue weighted by molar-refractivity contribution is -0.122. The van der Waals surface area contributed by atoms with E-state index in [1.54, 1.807) is 61.5 Å². The third kappa shape index (κ3) is 6.21. The number of carbonyl (C=O) groups excluding carboxylic acids is 4. The number of Topliss-reactive ketones (excluding diaryl/α,β-unsaturated/α-hetero) is 1. The maximum Gasteiger partial charge on any atom is 0.339 e. The van der Waals surface area contributed by atoms with E-state index < -0.39 is 12.1 Å². The van der Waals surface area contributed by atoms with E-state index in [0.29, 0.717) is 57.7 Å². The fraction of sp³-hybridized carbons (Fsp3) is 0.286. The molecule has 7 nitrogen and oxygen atoms in total. The van der Waals surface area contributed by atoms with Gasteiger partial charge in [0, 0.05) is 35.7 Å². The van der Waals surface area contributed by atoms with Crippen molar-refractivity contribution in [2.45, 2.75) is 48.9 Å². The summed E-state index contributed by atoms with van der Waals surface area (Å²) < 4.78 is 6.50. The molecule has 5 atom stereocenters. The quantitative estimate of drug-likeness (QED) is 0.0801. The van der Waals surface area contributed by atoms with Gasteiger partial charge in [0.15, 0.2) is 6.10 Å². The number of esters is 1. The van der Waals surface area contributed by atoms with Gasteiger partial charge in [-0.1, -0.05) is 78.4 Å². The standard InChI is InChI=1S/C35H28Br3ClN2O5/c1-3-18-12-21(36)13-24-27(35(45)46-17(2)32(42)20-4-8-22(39)9-5-20)16-30(40-31(18)24)19-6-10-23(11-7-19)41-33(43)25-14-28(37)29(38)15-26(25)34(41)44/h4-13,16-17,25-26,28-29H,3,14-15H2,1-2H3. The van der Waals surface area contributed by atoms with Crippen molar-refractivity contribution in [2.75, 3.05) is 4.90 Å². The topological polar surface area (TPSA) is 93.6 Å². The number of nitrogens with zero attached hydrogens (tertiary/aromatic N) is 2. The van der Waals surface area contributed by atoms with Crippen LogP contribution in [0.25, 0.3) is 22.2 Å². The molecule has 0 radical (unpaired) electrons. The Hall–Kier alpha value is -2.92. The maximum absolute atomic E-state index is 13.7. The first-order valence-corrected chi connectivity index (χ1v) is 17.9. The average Bonchev–Trinajstić information content (AvgIpc) is 3.28. The number of ketones is 1. The van der Waals surface area contributed by atoms with E-state index in [1.807, 2.05) is 19.1 Å². The molecule has 2 heterocycles. The van der Waals surface area contributed by atoms with Gasteiger partial charge in [-0.05, 0) is 86.3 Å². The summed E-state index contributed by atoms with van der Waals surface area (Å²) in [5.41, 5.74) is 3.90. The molecule has 1 saturated heterocycles. The van der Waals surface area contributed by atoms with Crippen LogP contribution in [0.1, 0.15) is 53.0 Å². The van der Waals surface area contributed by atoms with Gasteiger partial charge in [-0.3, -0.25) is 19.3 Å². The summed E-state index contributed by atoms with van der Waals surface area (Å²) in [4.78, 5) is 59.9. The van der Waals surface area contributed by atoms with Crippen molar-refractivity contribution < 1.29 is 23.9 Å². The zero-order valence-electron chi connectivity index (χ0n) is 24.8. The summed E-state index contributed by atoms with van der Waals surface area (Å²) in [7, 11) is 0. The van der Waals surface area contributed by atoms with Gasteiger partial charge < -0.3 is 4.74 Å². The van der Waals surface area contributed by atoms with Gasteiger partial charge in [-0.15, -0.1) is 0 Å². The third-order valence-corrected chi connectivity index (χ3v) is 12.1. The van der Waals surface area contributed by atoms with Crippen LogP contribution in [0.15, 0.2) is 71.2 Å². The number of aryl methyl sites for hydroxylation is 1. The molecule has 0 bridgehead atoms. The van der Waals surface area contributed by atoms with Crippen LogP contribution < -0.4 is 4.90 Å². The highest BCUT2D eigenvalue weighted by Crippen LogP contribution is 2.44. The summed E-state index contributed by atoms with van der Waals surface area (Å²) in [5, 5.41) is 1.09. The predicted octanol–water partition coefficient (Wildman–Crippen LogP) is 8.73. The van der Waals surface area contributed by atoms with Crippen molar-refractivity contribution in [3.63, 3.8) is 0 Å². The average molecular weight is 832 g/mol. The van der Waals surface area contributed by atoms with Crippen molar-refractivity contribution in [1.82, 2.24) is 4.98 Å². The fourth-order valence-corrected chi connectivity index (χ4v) is 8.07. The Bertz CT molecular complexity index is 1850. The fourth-order valence-electron chi connectivity index (χ4n) is 6.20. The van der Waals surface area contributed by atoms with Gasteiger partial charge in [-0.25, -0.2) is 9.78 Å². The van der Waals surface area contributed by atoms with Crippen molar-refractivity contribution in [1.29, 1.82) is 0 Å². The molecule has 5 unspecified atom stereocenters. The summed E-state index contributed by atoms with van der Waals surface area (Å²) >= 11 is 16.8. The number of anilines is 1. The van der Waals surface area contributed by atoms with E-state index >= 15 is 0 Å². The molecular weight excluding hydrogens is 804 g/mol. The van der Waals surface area contributed by atoms with Crippen LogP contribution in [0.5, 0.6) is 0 Å². The third-order valence-electron chi connectivity index (χ3n) is 8.67. The van der Waals surface area contributed by atoms with Crippen LogP contribution in [-0.4, -0.2) is 44.3 Å². The molecule has 3 aromatic carbocycles. The summed E-state index contributed by atoms with van der Waals surface area (Å²) in [5.74, 6) is -2.06. The Balaban J connectivity index is 1.33. The summed E-state index contributed by atoms with van der Waals surface area (Å²) in [6.45, 7) is 3.55. The Labute approximate surface area is 296 Å². The number of imide groups is 1. The molecule has 1 aliphatic carbocycles. The van der Waals surface area contributed by atoms with Crippen LogP contribution in [0, 0.1) is 11.8 Å². The lowest BCUT2D eigenvalue weighted by Crippen LogP contribution is -2.34. The second kappa shape index (κ2) is 13.3. The van der Waals surface area contributed by atoms with Gasteiger partial charge in [0.25, 0.3) is 0 Å². The van der Waals surface area contributed by atoms with Crippen LogP contribution >= 0.6 is 59.4 Å². The van der Waals surface area contributed by atoms with Gasteiger partial charge in [-0.2, -0.15) is 0 Å². The second-order valence-corrected chi connectivity index (χ2v) is 15.3. The number of halogens is 4. The SMILES string of the molecule is CCc1cc(Br)cc2c(C(=O)OC(C)C(=O)c3ccc(Cl)cc3)cc(-c3ccc(N4C(=O)C5CC(Br)C(Br)CC5C4=O)cc3)nc12. The minimum Gasteiger partial charge on any atom is -0.451 e. The van der Waals surface area contributed by atoms with E-state index in [4.69, 9.17) is 21.3 Å². The number of hydrogen-bond donors (Lipinski definition) is 0. The number of aromatic nitrogens is 1. The Kier molecular flexibility index (Phi) is 9.54. The highest BCUT2D eigenvalue weighted by Gasteiger charge is 2.52. The number of ether oxygens (including phenoxy) is 1. The predicted molar refractivity (Wildman–Crippen MR) is 189 cm³/mol. The molecule has 0 N–H and O–H groups in total. The minimum atomic E-state index is -1.05. The molecule has 2 fully saturated rings. The minimum absolute atomic E-state index is 0.125. The number of alkyl halides is 2. The molecule has 236 valence electrons. The van der Waals surface area contributed by atoms with E-state index in [0.717, 1.165) is 10.0 Å². The monoisotopic (exact) mass is 828 g/mol. The lowest BCUT2D eigenvalue weighted by Gasteiger charge is -2.29. The molecular formula is C35H28Br3ClN2O5. The zero-order chi connectivity index (χ0) is 32.9. The van der Waals surface area contributed by atoms with Crippen LogP contribution in [0.3, 0.4) is 0 Å². The zero-order valence-corrected chi connectivity index (χ0v) is 30.3. The van der Waals surface area contributed by atoms with Crippen LogP contribution in [0.2, 0.25) is 5.02 Å². The van der Waals surface area contributed by atoms with Crippen LogP contribution in [-0.2, 0) is 20.7 Å². The van der Waals surface area contributed by atoms with Gasteiger partial charge in [0.1, 0.15) is 0 Å². The van der Waals surface area contributed by atoms with Gasteiger partial charge in [0.2, 0.25) is 17.6 Å². The number of carbonyl (C=O) groups is 4. The number of rotatable bonds is 7. The van der Waals surface area contributed by atoms with Crippen molar-refractivity contribution in [3.8, 4) is 11.3 Å². The number of amides is 2. The highest BCUT2D eigenvalue weighted by molar-refractivity contribution is 9.12. The number of benzene rings is 3. The normalized spacial score (nSPS) is 21.7. The molecule has 4 aromatic rings. The summed E-state index contributed by atoms with van der Waals surface area (Å²) in [6, 6.07) is 18.9. The van der Waals surface area contributed by atoms with Gasteiger partial charge in [0.05, 0.1) is 34.3 Å². The number of pyridine rings is 1. The highest BCUT2D eigenvalue weighted by atomic mass is 79.9. The largest absolute Gasteiger partial charge is 0.451 e. The molecule has 1 saturated carbocycles. The smallest absolute Gasteiger partial charge is 0.339 e. The number of hydrogen-bond acceptors (Lipinski definition) is 6. The number of fused-ring (bicyclic) bond motifs is 2. The lowest BCUT2D eigenvalue weighted by atomic mass is 9.81. The van der Waals surface area contributed by atoms with Crippen molar-refractivity contribution >= 4 is 99.5 Å². The molecule has 2 aliphatic rings. The van der Waals surface area contributed by atoms with Crippen molar-refractivity contribution in [2.24, 2.45) is 11.8 Å². The van der Waals surface area contributed by atoms with E-state index in [2.05, 4.69) is 47.8 Å². The van der Waals surface area contributed by atoms with Crippen LogP contribution in [0.4, 0.5) is 5.69 Å². The van der Waals surface area contributed by atoms with E-state index in [-0.39, 0.29) is 44.7 Å². The molecule has 6 rings (SSSR count).